The molecule has 162 valence electrons. The van der Waals surface area contributed by atoms with Gasteiger partial charge in [-0.2, -0.15) is 0 Å². The topological polar surface area (TPSA) is 75.2 Å². The van der Waals surface area contributed by atoms with Crippen molar-refractivity contribution in [2.24, 2.45) is 0 Å². The van der Waals surface area contributed by atoms with E-state index < -0.39 is 10.0 Å². The van der Waals surface area contributed by atoms with Crippen LogP contribution in [0.25, 0.3) is 11.3 Å². The number of nitrogens with zero attached hydrogens (tertiary/aromatic N) is 3. The molecule has 7 heteroatoms. The summed E-state index contributed by atoms with van der Waals surface area (Å²) < 4.78 is 28.3. The Bertz CT molecular complexity index is 1150. The lowest BCUT2D eigenvalue weighted by atomic mass is 10.1. The molecule has 2 aromatic carbocycles. The minimum Gasteiger partial charge on any atom is -0.355 e. The molecule has 0 spiro atoms. The highest BCUT2D eigenvalue weighted by atomic mass is 32.2. The number of hydrogen-bond acceptors (Lipinski definition) is 5. The van der Waals surface area contributed by atoms with Crippen LogP contribution in [0.2, 0.25) is 0 Å². The van der Waals surface area contributed by atoms with Crippen molar-refractivity contribution in [1.82, 2.24) is 10.2 Å². The van der Waals surface area contributed by atoms with Crippen LogP contribution in [0.15, 0.2) is 59.5 Å². The van der Waals surface area contributed by atoms with Crippen molar-refractivity contribution in [3.05, 3.63) is 65.7 Å². The van der Waals surface area contributed by atoms with Crippen molar-refractivity contribution in [1.29, 1.82) is 0 Å². The van der Waals surface area contributed by atoms with E-state index in [1.165, 1.54) is 25.7 Å². The van der Waals surface area contributed by atoms with Crippen LogP contribution >= 0.6 is 0 Å². The number of benzene rings is 2. The van der Waals surface area contributed by atoms with Gasteiger partial charge in [-0.3, -0.25) is 4.72 Å². The summed E-state index contributed by atoms with van der Waals surface area (Å²) in [6.45, 7) is 5.90. The van der Waals surface area contributed by atoms with Gasteiger partial charge in [-0.05, 0) is 74.2 Å². The molecule has 3 aromatic rings. The van der Waals surface area contributed by atoms with Crippen molar-refractivity contribution < 1.29 is 8.42 Å². The van der Waals surface area contributed by atoms with Gasteiger partial charge in [0.1, 0.15) is 0 Å². The quantitative estimate of drug-likeness (QED) is 0.613. The molecule has 4 rings (SSSR count). The minimum absolute atomic E-state index is 0.252. The highest BCUT2D eigenvalue weighted by molar-refractivity contribution is 7.92. The summed E-state index contributed by atoms with van der Waals surface area (Å²) in [6, 6.07) is 16.3. The van der Waals surface area contributed by atoms with E-state index in [1.54, 1.807) is 24.3 Å². The maximum Gasteiger partial charge on any atom is 0.261 e. The van der Waals surface area contributed by atoms with Crippen LogP contribution in [0.4, 0.5) is 11.5 Å². The molecule has 1 aliphatic rings. The molecule has 0 unspecified atom stereocenters. The van der Waals surface area contributed by atoms with Crippen molar-refractivity contribution in [2.75, 3.05) is 22.7 Å². The average molecular weight is 437 g/mol. The van der Waals surface area contributed by atoms with Crippen molar-refractivity contribution in [2.45, 2.75) is 44.4 Å². The molecule has 1 saturated heterocycles. The number of hydrogen-bond donors (Lipinski definition) is 1. The van der Waals surface area contributed by atoms with Crippen LogP contribution in [-0.4, -0.2) is 31.7 Å². The first-order chi connectivity index (χ1) is 14.9. The summed E-state index contributed by atoms with van der Waals surface area (Å²) in [6.07, 6.45) is 4.91. The van der Waals surface area contributed by atoms with Gasteiger partial charge in [0.05, 0.1) is 10.6 Å². The van der Waals surface area contributed by atoms with Gasteiger partial charge in [0, 0.05) is 24.3 Å². The predicted molar refractivity (Wildman–Crippen MR) is 125 cm³/mol. The average Bonchev–Trinajstić information content (AvgIpc) is 3.05. The van der Waals surface area contributed by atoms with Crippen LogP contribution < -0.4 is 9.62 Å². The molecule has 2 heterocycles. The molecular weight excluding hydrogens is 408 g/mol. The Morgan fingerprint density at radius 1 is 0.839 bits per heavy atom. The zero-order chi connectivity index (χ0) is 21.8. The number of aryl methyl sites for hydroxylation is 2. The highest BCUT2D eigenvalue weighted by Crippen LogP contribution is 2.25. The fourth-order valence-electron chi connectivity index (χ4n) is 3.78. The van der Waals surface area contributed by atoms with Gasteiger partial charge in [0.2, 0.25) is 0 Å². The molecule has 0 bridgehead atoms. The van der Waals surface area contributed by atoms with Gasteiger partial charge in [0.15, 0.2) is 5.82 Å². The maximum atomic E-state index is 12.8. The largest absolute Gasteiger partial charge is 0.355 e. The molecule has 1 N–H and O–H groups in total. The molecule has 0 aliphatic carbocycles. The van der Waals surface area contributed by atoms with E-state index in [4.69, 9.17) is 0 Å². The summed E-state index contributed by atoms with van der Waals surface area (Å²) in [7, 11) is -3.67. The summed E-state index contributed by atoms with van der Waals surface area (Å²) in [5.74, 6) is 0.900. The van der Waals surface area contributed by atoms with E-state index in [2.05, 4.69) is 19.8 Å². The minimum atomic E-state index is -3.67. The molecular formula is C24H28N4O2S. The van der Waals surface area contributed by atoms with Gasteiger partial charge in [-0.25, -0.2) is 8.42 Å². The molecule has 0 amide bonds. The first kappa shape index (κ1) is 21.3. The van der Waals surface area contributed by atoms with Crippen molar-refractivity contribution in [3.8, 4) is 11.3 Å². The van der Waals surface area contributed by atoms with Crippen LogP contribution in [0.3, 0.4) is 0 Å². The second-order valence-electron chi connectivity index (χ2n) is 8.11. The first-order valence-corrected chi connectivity index (χ1v) is 12.2. The number of sulfonamides is 1. The summed E-state index contributed by atoms with van der Waals surface area (Å²) in [5, 5.41) is 8.83. The molecule has 1 fully saturated rings. The summed E-state index contributed by atoms with van der Waals surface area (Å²) >= 11 is 0. The normalized spacial score (nSPS) is 14.8. The Hall–Kier alpha value is -2.93. The first-order valence-electron chi connectivity index (χ1n) is 10.7. The number of anilines is 2. The molecule has 1 aliphatic heterocycles. The smallest absolute Gasteiger partial charge is 0.261 e. The third-order valence-electron chi connectivity index (χ3n) is 5.78. The van der Waals surface area contributed by atoms with Crippen molar-refractivity contribution in [3.63, 3.8) is 0 Å². The van der Waals surface area contributed by atoms with E-state index in [1.807, 2.05) is 44.2 Å². The van der Waals surface area contributed by atoms with Gasteiger partial charge in [-0.1, -0.05) is 31.0 Å². The molecule has 1 aromatic heterocycles. The molecule has 6 nitrogen and oxygen atoms in total. The Balaban J connectivity index is 1.53. The Morgan fingerprint density at radius 3 is 2.29 bits per heavy atom. The highest BCUT2D eigenvalue weighted by Gasteiger charge is 2.16. The fourth-order valence-corrected chi connectivity index (χ4v) is 4.92. The molecule has 31 heavy (non-hydrogen) atoms. The third-order valence-corrected chi connectivity index (χ3v) is 7.16. The van der Waals surface area contributed by atoms with Crippen LogP contribution in [-0.2, 0) is 10.0 Å². The molecule has 0 atom stereocenters. The number of rotatable bonds is 5. The number of aromatic nitrogens is 2. The van der Waals surface area contributed by atoms with E-state index in [-0.39, 0.29) is 4.90 Å². The Labute approximate surface area is 184 Å². The van der Waals surface area contributed by atoms with Crippen molar-refractivity contribution >= 4 is 21.5 Å². The second kappa shape index (κ2) is 9.06. The second-order valence-corrected chi connectivity index (χ2v) is 9.79. The maximum absolute atomic E-state index is 12.8. The number of nitrogens with one attached hydrogen (secondary N) is 1. The lowest BCUT2D eigenvalue weighted by molar-refractivity contribution is 0.601. The SMILES string of the molecule is Cc1ccc(S(=O)(=O)Nc2cccc(-c3ccc(N4CCCCCC4)nn3)c2)cc1C. The lowest BCUT2D eigenvalue weighted by Crippen LogP contribution is -2.25. The summed E-state index contributed by atoms with van der Waals surface area (Å²) in [5.41, 5.74) is 4.02. The molecule has 0 saturated carbocycles. The van der Waals surface area contributed by atoms with Crippen LogP contribution in [0, 0.1) is 13.8 Å². The van der Waals surface area contributed by atoms with Gasteiger partial charge in [-0.15, -0.1) is 10.2 Å². The van der Waals surface area contributed by atoms with E-state index in [9.17, 15) is 8.42 Å². The van der Waals surface area contributed by atoms with Gasteiger partial charge in [0.25, 0.3) is 10.0 Å². The summed E-state index contributed by atoms with van der Waals surface area (Å²) in [4.78, 5) is 2.54. The fraction of sp³-hybridized carbons (Fsp3) is 0.333. The van der Waals surface area contributed by atoms with Gasteiger partial charge >= 0.3 is 0 Å². The van der Waals surface area contributed by atoms with E-state index in [0.29, 0.717) is 11.4 Å². The van der Waals surface area contributed by atoms with E-state index >= 15 is 0 Å². The Morgan fingerprint density at radius 2 is 1.61 bits per heavy atom. The van der Waals surface area contributed by atoms with Gasteiger partial charge < -0.3 is 4.90 Å². The van der Waals surface area contributed by atoms with Crippen LogP contribution in [0.5, 0.6) is 0 Å². The monoisotopic (exact) mass is 436 g/mol. The van der Waals surface area contributed by atoms with Crippen LogP contribution in [0.1, 0.15) is 36.8 Å². The predicted octanol–water partition coefficient (Wildman–Crippen LogP) is 4.94. The third kappa shape index (κ3) is 5.05. The lowest BCUT2D eigenvalue weighted by Gasteiger charge is -2.20. The standard InChI is InChI=1S/C24H28N4O2S/c1-18-10-11-22(16-19(18)2)31(29,30)27-21-9-7-8-20(17-21)23-12-13-24(26-25-23)28-14-5-3-4-6-15-28/h7-13,16-17,27H,3-6,14-15H2,1-2H3. The van der Waals surface area contributed by atoms with E-state index in [0.717, 1.165) is 35.6 Å². The molecule has 0 radical (unpaired) electrons. The zero-order valence-electron chi connectivity index (χ0n) is 18.0. The zero-order valence-corrected chi connectivity index (χ0v) is 18.8. The Kier molecular flexibility index (Phi) is 6.23.